The Balaban J connectivity index is 0.00000253. The molecule has 1 aromatic carbocycles. The Morgan fingerprint density at radius 1 is 1.03 bits per heavy atom. The smallest absolute Gasteiger partial charge is 0.245 e. The molecule has 196 valence electrons. The van der Waals surface area contributed by atoms with Crippen molar-refractivity contribution < 1.29 is 13.9 Å². The Labute approximate surface area is 211 Å². The van der Waals surface area contributed by atoms with Gasteiger partial charge in [0.1, 0.15) is 6.04 Å². The predicted octanol–water partition coefficient (Wildman–Crippen LogP) is 4.20. The quantitative estimate of drug-likeness (QED) is 0.590. The van der Waals surface area contributed by atoms with Crippen LogP contribution in [0.2, 0.25) is 0 Å². The van der Waals surface area contributed by atoms with Crippen LogP contribution in [0.5, 0.6) is 0 Å². The number of hydrogen-bond acceptors (Lipinski definition) is 4. The van der Waals surface area contributed by atoms with Gasteiger partial charge in [-0.05, 0) is 63.1 Å². The molecule has 6 nitrogen and oxygen atoms in total. The molecule has 3 atom stereocenters. The fourth-order valence-electron chi connectivity index (χ4n) is 6.03. The predicted molar refractivity (Wildman–Crippen MR) is 145 cm³/mol. The lowest BCUT2D eigenvalue weighted by atomic mass is 9.83. The molecule has 3 aliphatic rings. The van der Waals surface area contributed by atoms with Gasteiger partial charge in [-0.25, -0.2) is 0 Å². The summed E-state index contributed by atoms with van der Waals surface area (Å²) in [5.41, 5.74) is 1.37. The molecule has 0 bridgehead atoms. The van der Waals surface area contributed by atoms with Crippen LogP contribution in [0.3, 0.4) is 0 Å². The molecule has 1 aromatic rings. The molecule has 1 aliphatic carbocycles. The Morgan fingerprint density at radius 3 is 2.44 bits per heavy atom. The van der Waals surface area contributed by atoms with Gasteiger partial charge in [0.2, 0.25) is 11.8 Å². The molecule has 3 fully saturated rings. The summed E-state index contributed by atoms with van der Waals surface area (Å²) < 4.78 is 0. The highest BCUT2D eigenvalue weighted by Crippen LogP contribution is 2.34. The first-order valence-electron chi connectivity index (χ1n) is 13.7. The normalized spacial score (nSPS) is 24.0. The molecule has 2 aliphatic heterocycles. The van der Waals surface area contributed by atoms with Crippen molar-refractivity contribution >= 4 is 11.8 Å². The summed E-state index contributed by atoms with van der Waals surface area (Å²) >= 11 is 0. The van der Waals surface area contributed by atoms with Crippen molar-refractivity contribution in [1.82, 2.24) is 20.4 Å². The van der Waals surface area contributed by atoms with E-state index in [9.17, 15) is 9.59 Å². The van der Waals surface area contributed by atoms with Crippen LogP contribution < -0.4 is 10.6 Å². The van der Waals surface area contributed by atoms with E-state index in [1.807, 2.05) is 13.8 Å². The van der Waals surface area contributed by atoms with Crippen LogP contribution in [0, 0.1) is 11.8 Å². The Bertz CT molecular complexity index is 765. The first kappa shape index (κ1) is 26.7. The molecule has 1 unspecified atom stereocenters. The van der Waals surface area contributed by atoms with Crippen LogP contribution in [0.4, 0.5) is 0 Å². The van der Waals surface area contributed by atoms with E-state index in [-0.39, 0.29) is 34.6 Å². The number of amides is 2. The van der Waals surface area contributed by atoms with Crippen molar-refractivity contribution in [3.8, 4) is 0 Å². The van der Waals surface area contributed by atoms with E-state index >= 15 is 0 Å². The van der Waals surface area contributed by atoms with Gasteiger partial charge in [-0.3, -0.25) is 9.59 Å². The number of fused-ring (bicyclic) bond motifs is 1. The first-order valence-corrected chi connectivity index (χ1v) is 13.7. The van der Waals surface area contributed by atoms with E-state index in [0.29, 0.717) is 12.0 Å². The van der Waals surface area contributed by atoms with E-state index in [4.69, 9.17) is 0 Å². The molecular weight excluding hydrogens is 424 g/mol. The molecule has 2 amide bonds. The third-order valence-corrected chi connectivity index (χ3v) is 7.83. The van der Waals surface area contributed by atoms with Gasteiger partial charge >= 0.3 is 0 Å². The second kappa shape index (κ2) is 13.8. The minimum absolute atomic E-state index is 0. The zero-order valence-corrected chi connectivity index (χ0v) is 21.6. The van der Waals surface area contributed by atoms with Gasteiger partial charge in [0.05, 0.1) is 6.54 Å². The number of nitrogens with one attached hydrogen (secondary N) is 2. The van der Waals surface area contributed by atoms with Crippen molar-refractivity contribution in [2.45, 2.75) is 77.3 Å². The number of likely N-dealkylation sites (tertiary alicyclic amines) is 2. The number of benzene rings is 1. The van der Waals surface area contributed by atoms with Gasteiger partial charge in [0.15, 0.2) is 0 Å². The highest BCUT2D eigenvalue weighted by atomic mass is 16.2. The minimum atomic E-state index is -0.366. The standard InChI is InChI=1S/C26H40N4O2.C2H6.3H2/c1-27-18-24(31)28-25(22-10-6-3-7-11-22)26(32)30-17-14-21-13-16-29(19-23(21)30)15-12-20-8-4-2-5-9-20;1-2;;;/h2,4-5,8-9,21-23,25,27H,3,6-7,10-19H2,1H3,(H,28,31);1-2H3;3*1H/t21?,23-,25+;;;;/m1..../s1. The monoisotopic (exact) mass is 476 g/mol. The van der Waals surface area contributed by atoms with E-state index in [0.717, 1.165) is 64.7 Å². The van der Waals surface area contributed by atoms with E-state index in [2.05, 4.69) is 50.8 Å². The molecule has 4 rings (SSSR count). The Morgan fingerprint density at radius 2 is 1.74 bits per heavy atom. The fourth-order valence-corrected chi connectivity index (χ4v) is 6.03. The van der Waals surface area contributed by atoms with Crippen molar-refractivity contribution in [2.24, 2.45) is 11.8 Å². The second-order valence-corrected chi connectivity index (χ2v) is 9.95. The number of carbonyl (C=O) groups excluding carboxylic acids is 2. The number of likely N-dealkylation sites (N-methyl/N-ethyl adjacent to an activating group) is 1. The molecule has 2 saturated heterocycles. The maximum Gasteiger partial charge on any atom is 0.245 e. The summed E-state index contributed by atoms with van der Waals surface area (Å²) in [5.74, 6) is 0.972. The largest absolute Gasteiger partial charge is 0.343 e. The fraction of sp³-hybridized carbons (Fsp3) is 0.714. The van der Waals surface area contributed by atoms with Crippen LogP contribution in [-0.4, -0.2) is 73.5 Å². The summed E-state index contributed by atoms with van der Waals surface area (Å²) in [5, 5.41) is 6.03. The zero-order chi connectivity index (χ0) is 24.3. The van der Waals surface area contributed by atoms with Gasteiger partial charge in [-0.1, -0.05) is 63.4 Å². The molecule has 0 spiro atoms. The van der Waals surface area contributed by atoms with Crippen LogP contribution in [0.15, 0.2) is 30.3 Å². The summed E-state index contributed by atoms with van der Waals surface area (Å²) in [7, 11) is 1.77. The first-order chi connectivity index (χ1) is 16.7. The van der Waals surface area contributed by atoms with Gasteiger partial charge in [-0.2, -0.15) is 0 Å². The maximum absolute atomic E-state index is 13.8. The lowest BCUT2D eigenvalue weighted by Crippen LogP contribution is -2.58. The Kier molecular flexibility index (Phi) is 10.9. The maximum atomic E-state index is 13.8. The lowest BCUT2D eigenvalue weighted by molar-refractivity contribution is -0.140. The number of rotatable bonds is 8. The molecular formula is C28H52N4O2. The van der Waals surface area contributed by atoms with Gasteiger partial charge in [-0.15, -0.1) is 0 Å². The van der Waals surface area contributed by atoms with E-state index in [1.165, 1.54) is 18.4 Å². The molecule has 1 saturated carbocycles. The summed E-state index contributed by atoms with van der Waals surface area (Å²) in [4.78, 5) is 30.9. The second-order valence-electron chi connectivity index (χ2n) is 9.95. The number of nitrogens with zero attached hydrogens (tertiary/aromatic N) is 2. The number of carbonyl (C=O) groups is 2. The average molecular weight is 477 g/mol. The lowest BCUT2D eigenvalue weighted by Gasteiger charge is -2.40. The highest BCUT2D eigenvalue weighted by molar-refractivity contribution is 5.89. The molecule has 0 radical (unpaired) electrons. The topological polar surface area (TPSA) is 64.7 Å². The molecule has 2 N–H and O–H groups in total. The van der Waals surface area contributed by atoms with Crippen molar-refractivity contribution in [3.05, 3.63) is 35.9 Å². The van der Waals surface area contributed by atoms with Crippen molar-refractivity contribution in [1.29, 1.82) is 0 Å². The third-order valence-electron chi connectivity index (χ3n) is 7.83. The molecule has 2 heterocycles. The SMILES string of the molecule is CC.CNCC(=O)N[C@H](C(=O)N1CCC2CCN(CCc3ccccc3)C[C@H]21)C1CCCCC1.[HH].[HH].[HH]. The average Bonchev–Trinajstić information content (AvgIpc) is 3.31. The zero-order valence-electron chi connectivity index (χ0n) is 21.6. The molecule has 0 aromatic heterocycles. The Hall–Kier alpha value is -1.92. The van der Waals surface area contributed by atoms with Crippen molar-refractivity contribution in [3.63, 3.8) is 0 Å². The molecule has 6 heteroatoms. The van der Waals surface area contributed by atoms with Crippen molar-refractivity contribution in [2.75, 3.05) is 39.8 Å². The molecule has 34 heavy (non-hydrogen) atoms. The van der Waals surface area contributed by atoms with Crippen LogP contribution >= 0.6 is 0 Å². The summed E-state index contributed by atoms with van der Waals surface area (Å²) in [6.07, 6.45) is 8.98. The van der Waals surface area contributed by atoms with Crippen LogP contribution in [0.25, 0.3) is 0 Å². The van der Waals surface area contributed by atoms with Gasteiger partial charge < -0.3 is 20.4 Å². The highest BCUT2D eigenvalue weighted by Gasteiger charge is 2.44. The number of piperidine rings is 1. The van der Waals surface area contributed by atoms with Crippen LogP contribution in [0.1, 0.15) is 68.6 Å². The third kappa shape index (κ3) is 7.05. The minimum Gasteiger partial charge on any atom is -0.343 e. The summed E-state index contributed by atoms with van der Waals surface area (Å²) in [6.45, 7) is 8.23. The summed E-state index contributed by atoms with van der Waals surface area (Å²) in [6, 6.07) is 10.6. The van der Waals surface area contributed by atoms with E-state index < -0.39 is 0 Å². The number of hydrogen-bond donors (Lipinski definition) is 2. The van der Waals surface area contributed by atoms with E-state index in [1.54, 1.807) is 7.05 Å². The van der Waals surface area contributed by atoms with Crippen LogP contribution in [-0.2, 0) is 16.0 Å². The van der Waals surface area contributed by atoms with Gasteiger partial charge in [0.25, 0.3) is 0 Å². The van der Waals surface area contributed by atoms with Gasteiger partial charge in [0, 0.05) is 30.0 Å².